The molecule has 11 nitrogen and oxygen atoms in total. The van der Waals surface area contributed by atoms with E-state index in [0.29, 0.717) is 56.6 Å². The number of rotatable bonds is 6. The lowest BCUT2D eigenvalue weighted by atomic mass is 9.80. The first-order valence-corrected chi connectivity index (χ1v) is 13.1. The van der Waals surface area contributed by atoms with Gasteiger partial charge in [-0.05, 0) is 59.3 Å². The predicted molar refractivity (Wildman–Crippen MR) is 145 cm³/mol. The molecule has 0 radical (unpaired) electrons. The van der Waals surface area contributed by atoms with E-state index in [2.05, 4.69) is 36.2 Å². The minimum atomic E-state index is -0.580. The molecule has 38 heavy (non-hydrogen) atoms. The van der Waals surface area contributed by atoms with Crippen LogP contribution < -0.4 is 20.5 Å². The highest BCUT2D eigenvalue weighted by Gasteiger charge is 2.51. The van der Waals surface area contributed by atoms with E-state index in [9.17, 15) is 9.59 Å². The van der Waals surface area contributed by atoms with Crippen LogP contribution in [0.1, 0.15) is 19.3 Å². The number of fused-ring (bicyclic) bond motifs is 4. The molecule has 2 fully saturated rings. The molecule has 12 heteroatoms. The second-order valence-corrected chi connectivity index (χ2v) is 10.4. The second-order valence-electron chi connectivity index (χ2n) is 9.56. The van der Waals surface area contributed by atoms with Crippen LogP contribution in [-0.4, -0.2) is 62.5 Å². The van der Waals surface area contributed by atoms with Crippen LogP contribution in [0.2, 0.25) is 0 Å². The predicted octanol–water partition coefficient (Wildman–Crippen LogP) is 3.36. The lowest BCUT2D eigenvalue weighted by Crippen LogP contribution is -2.50. The Kier molecular flexibility index (Phi) is 6.05. The van der Waals surface area contributed by atoms with Gasteiger partial charge in [-0.2, -0.15) is 0 Å². The molecule has 3 atom stereocenters. The van der Waals surface area contributed by atoms with Gasteiger partial charge < -0.3 is 30.0 Å². The fraction of sp³-hybridized carbons (Fsp3) is 0.346. The second kappa shape index (κ2) is 9.43. The summed E-state index contributed by atoms with van der Waals surface area (Å²) in [6, 6.07) is 8.39. The van der Waals surface area contributed by atoms with E-state index in [4.69, 9.17) is 15.2 Å². The van der Waals surface area contributed by atoms with Crippen molar-refractivity contribution < 1.29 is 19.1 Å². The highest BCUT2D eigenvalue weighted by Crippen LogP contribution is 2.45. The quantitative estimate of drug-likeness (QED) is 0.332. The normalized spacial score (nSPS) is 20.3. The van der Waals surface area contributed by atoms with Gasteiger partial charge in [0.1, 0.15) is 40.8 Å². The SMILES string of the molecule is COc1cc2c3c(N)ncnc3n(CC(=O)N3[C@@H]4CC[C@@H]4C[C@H]3C(=O)Nc3cccc(Br)n3)c2cc1OC. The number of likely N-dealkylation sites (tertiary alicyclic amines) is 1. The molecular formula is C26H26BrN7O4. The van der Waals surface area contributed by atoms with Crippen LogP contribution >= 0.6 is 15.9 Å². The monoisotopic (exact) mass is 579 g/mol. The standard InChI is InChI=1S/C26H26BrN7O4/c1-37-18-9-14-16(10-19(18)38-2)33(25-23(14)24(28)29-12-30-25)11-22(35)34-15-7-6-13(15)8-17(34)26(36)32-21-5-3-4-20(27)31-21/h3-5,9-10,12-13,15,17H,6-8,11H2,1-2H3,(H2,28,29,30)(H,31,32,36)/t13-,15-,17+/m1/s1. The van der Waals surface area contributed by atoms with Crippen molar-refractivity contribution in [2.75, 3.05) is 25.3 Å². The van der Waals surface area contributed by atoms with Crippen LogP contribution in [0.5, 0.6) is 11.5 Å². The number of hydrogen-bond acceptors (Lipinski definition) is 8. The maximum atomic E-state index is 13.9. The smallest absolute Gasteiger partial charge is 0.248 e. The molecule has 4 heterocycles. The zero-order valence-electron chi connectivity index (χ0n) is 20.8. The number of anilines is 2. The van der Waals surface area contributed by atoms with Crippen LogP contribution in [0.4, 0.5) is 11.6 Å². The van der Waals surface area contributed by atoms with Gasteiger partial charge in [0.2, 0.25) is 11.8 Å². The van der Waals surface area contributed by atoms with Gasteiger partial charge in [-0.1, -0.05) is 6.07 Å². The molecule has 2 aliphatic rings. The Morgan fingerprint density at radius 2 is 1.95 bits per heavy atom. The number of nitrogens with one attached hydrogen (secondary N) is 1. The minimum absolute atomic E-state index is 0.0198. The van der Waals surface area contributed by atoms with Crippen molar-refractivity contribution in [1.82, 2.24) is 24.4 Å². The number of ether oxygens (including phenoxy) is 2. The number of carbonyl (C=O) groups excluding carboxylic acids is 2. The first kappa shape index (κ1) is 24.4. The maximum absolute atomic E-state index is 13.9. The topological polar surface area (TPSA) is 137 Å². The van der Waals surface area contributed by atoms with Gasteiger partial charge in [0, 0.05) is 17.5 Å². The number of nitrogen functional groups attached to an aromatic ring is 1. The Balaban J connectivity index is 1.37. The number of methoxy groups -OCH3 is 2. The van der Waals surface area contributed by atoms with E-state index in [-0.39, 0.29) is 24.4 Å². The molecular weight excluding hydrogens is 554 g/mol. The van der Waals surface area contributed by atoms with Crippen LogP contribution in [-0.2, 0) is 16.1 Å². The fourth-order valence-corrected chi connectivity index (χ4v) is 6.08. The Morgan fingerprint density at radius 1 is 1.16 bits per heavy atom. The zero-order valence-corrected chi connectivity index (χ0v) is 22.4. The first-order valence-electron chi connectivity index (χ1n) is 12.3. The van der Waals surface area contributed by atoms with Crippen molar-refractivity contribution in [3.8, 4) is 11.5 Å². The lowest BCUT2D eigenvalue weighted by Gasteiger charge is -2.37. The third-order valence-electron chi connectivity index (χ3n) is 7.62. The Hall–Kier alpha value is -3.93. The molecule has 196 valence electrons. The molecule has 0 unspecified atom stereocenters. The van der Waals surface area contributed by atoms with Crippen LogP contribution in [0.25, 0.3) is 21.9 Å². The van der Waals surface area contributed by atoms with Gasteiger partial charge in [-0.15, -0.1) is 0 Å². The first-order chi connectivity index (χ1) is 18.4. The van der Waals surface area contributed by atoms with Gasteiger partial charge in [-0.3, -0.25) is 9.59 Å². The number of benzene rings is 1. The molecule has 6 rings (SSSR count). The summed E-state index contributed by atoms with van der Waals surface area (Å²) in [7, 11) is 3.11. The van der Waals surface area contributed by atoms with E-state index in [1.807, 2.05) is 16.7 Å². The number of pyridine rings is 1. The van der Waals surface area contributed by atoms with E-state index in [0.717, 1.165) is 18.2 Å². The van der Waals surface area contributed by atoms with Gasteiger partial charge in [0.15, 0.2) is 11.5 Å². The molecule has 1 aromatic carbocycles. The number of halogens is 1. The van der Waals surface area contributed by atoms with Crippen molar-refractivity contribution in [3.63, 3.8) is 0 Å². The van der Waals surface area contributed by atoms with Crippen LogP contribution in [0.15, 0.2) is 41.3 Å². The summed E-state index contributed by atoms with van der Waals surface area (Å²) in [6.07, 6.45) is 3.89. The Labute approximate surface area is 226 Å². The molecule has 1 aliphatic carbocycles. The molecule has 1 saturated heterocycles. The van der Waals surface area contributed by atoms with Gasteiger partial charge in [0.05, 0.1) is 25.1 Å². The van der Waals surface area contributed by atoms with Crippen LogP contribution in [0.3, 0.4) is 0 Å². The molecule has 4 aromatic rings. The third kappa shape index (κ3) is 3.90. The summed E-state index contributed by atoms with van der Waals surface area (Å²) in [5, 5.41) is 4.27. The zero-order chi connectivity index (χ0) is 26.6. The largest absolute Gasteiger partial charge is 0.493 e. The van der Waals surface area contributed by atoms with Gasteiger partial charge >= 0.3 is 0 Å². The Bertz CT molecular complexity index is 1590. The van der Waals surface area contributed by atoms with Crippen molar-refractivity contribution in [2.45, 2.75) is 37.9 Å². The third-order valence-corrected chi connectivity index (χ3v) is 8.06. The summed E-state index contributed by atoms with van der Waals surface area (Å²) in [4.78, 5) is 42.0. The van der Waals surface area contributed by atoms with Crippen molar-refractivity contribution in [1.29, 1.82) is 0 Å². The summed E-state index contributed by atoms with van der Waals surface area (Å²) in [6.45, 7) is -0.0198. The van der Waals surface area contributed by atoms with E-state index in [1.165, 1.54) is 6.33 Å². The van der Waals surface area contributed by atoms with E-state index >= 15 is 0 Å². The number of aromatic nitrogens is 4. The summed E-state index contributed by atoms with van der Waals surface area (Å²) in [5.41, 5.74) is 7.49. The summed E-state index contributed by atoms with van der Waals surface area (Å²) < 4.78 is 13.4. The van der Waals surface area contributed by atoms with Crippen molar-refractivity contribution >= 4 is 61.3 Å². The molecule has 3 N–H and O–H groups in total. The van der Waals surface area contributed by atoms with Crippen molar-refractivity contribution in [3.05, 3.63) is 41.3 Å². The fourth-order valence-electron chi connectivity index (χ4n) is 5.74. The van der Waals surface area contributed by atoms with Gasteiger partial charge in [-0.25, -0.2) is 15.0 Å². The summed E-state index contributed by atoms with van der Waals surface area (Å²) >= 11 is 3.33. The molecule has 1 aliphatic heterocycles. The minimum Gasteiger partial charge on any atom is -0.493 e. The molecule has 2 amide bonds. The highest BCUT2D eigenvalue weighted by molar-refractivity contribution is 9.10. The number of amides is 2. The lowest BCUT2D eigenvalue weighted by molar-refractivity contribution is -0.140. The number of carbonyl (C=O) groups is 2. The number of nitrogens with zero attached hydrogens (tertiary/aromatic N) is 5. The number of hydrogen-bond donors (Lipinski definition) is 2. The number of nitrogens with two attached hydrogens (primary N) is 1. The van der Waals surface area contributed by atoms with Gasteiger partial charge in [0.25, 0.3) is 0 Å². The van der Waals surface area contributed by atoms with Crippen LogP contribution in [0, 0.1) is 5.92 Å². The Morgan fingerprint density at radius 3 is 2.66 bits per heavy atom. The molecule has 0 spiro atoms. The molecule has 3 aromatic heterocycles. The van der Waals surface area contributed by atoms with E-state index in [1.54, 1.807) is 37.3 Å². The summed E-state index contributed by atoms with van der Waals surface area (Å²) in [5.74, 6) is 1.70. The van der Waals surface area contributed by atoms with Crippen molar-refractivity contribution in [2.24, 2.45) is 5.92 Å². The average molecular weight is 580 g/mol. The molecule has 0 bridgehead atoms. The highest BCUT2D eigenvalue weighted by atomic mass is 79.9. The average Bonchev–Trinajstić information content (AvgIpc) is 3.34. The maximum Gasteiger partial charge on any atom is 0.248 e. The molecule has 1 saturated carbocycles. The van der Waals surface area contributed by atoms with E-state index < -0.39 is 6.04 Å².